The standard InChI is InChI=1S/C20H11Br3N2O4/c1-2-7-29-17-15(22)9-11(10-16(17)23)8-14-18(26)24-20(28)25(19(14)27)13-5-3-12(21)4-6-13/h1,3-6,8-10H,7H2,(H,24,26,28)/b14-8+. The molecule has 1 aliphatic rings. The van der Waals surface area contributed by atoms with E-state index in [0.29, 0.717) is 25.9 Å². The van der Waals surface area contributed by atoms with Gasteiger partial charge in [-0.1, -0.05) is 21.9 Å². The van der Waals surface area contributed by atoms with Crippen LogP contribution in [0.25, 0.3) is 6.08 Å². The molecule has 2 aromatic rings. The number of hydrogen-bond acceptors (Lipinski definition) is 4. The van der Waals surface area contributed by atoms with Crippen molar-refractivity contribution in [1.82, 2.24) is 5.32 Å². The Morgan fingerprint density at radius 3 is 2.28 bits per heavy atom. The number of ether oxygens (including phenoxy) is 1. The third kappa shape index (κ3) is 4.61. The van der Waals surface area contributed by atoms with Crippen LogP contribution in [0.1, 0.15) is 5.56 Å². The van der Waals surface area contributed by atoms with Crippen molar-refractivity contribution in [2.45, 2.75) is 0 Å². The summed E-state index contributed by atoms with van der Waals surface area (Å²) in [6.45, 7) is 0.0861. The van der Waals surface area contributed by atoms with Crippen LogP contribution in [0.3, 0.4) is 0 Å². The molecular formula is C20H11Br3N2O4. The van der Waals surface area contributed by atoms with Crippen molar-refractivity contribution < 1.29 is 19.1 Å². The van der Waals surface area contributed by atoms with E-state index < -0.39 is 17.8 Å². The Bertz CT molecular complexity index is 1060. The van der Waals surface area contributed by atoms with Crippen molar-refractivity contribution in [3.05, 3.63) is 61.0 Å². The van der Waals surface area contributed by atoms with E-state index in [1.807, 2.05) is 0 Å². The summed E-state index contributed by atoms with van der Waals surface area (Å²) in [5.41, 5.74) is 0.707. The van der Waals surface area contributed by atoms with Crippen molar-refractivity contribution in [3.63, 3.8) is 0 Å². The van der Waals surface area contributed by atoms with Crippen LogP contribution in [0.2, 0.25) is 0 Å². The number of amides is 4. The summed E-state index contributed by atoms with van der Waals surface area (Å²) < 4.78 is 7.40. The zero-order valence-electron chi connectivity index (χ0n) is 14.5. The molecule has 1 saturated heterocycles. The molecule has 146 valence electrons. The van der Waals surface area contributed by atoms with Gasteiger partial charge in [0.25, 0.3) is 11.8 Å². The van der Waals surface area contributed by atoms with Gasteiger partial charge >= 0.3 is 6.03 Å². The van der Waals surface area contributed by atoms with Gasteiger partial charge in [-0.05, 0) is 79.9 Å². The molecule has 3 rings (SSSR count). The van der Waals surface area contributed by atoms with Gasteiger partial charge in [-0.2, -0.15) is 0 Å². The molecule has 0 spiro atoms. The Hall–Kier alpha value is -2.41. The smallest absolute Gasteiger partial charge is 0.335 e. The lowest BCUT2D eigenvalue weighted by Gasteiger charge is -2.26. The Labute approximate surface area is 191 Å². The number of rotatable bonds is 4. The van der Waals surface area contributed by atoms with E-state index in [0.717, 1.165) is 9.37 Å². The van der Waals surface area contributed by atoms with Crippen molar-refractivity contribution in [2.24, 2.45) is 0 Å². The first-order valence-corrected chi connectivity index (χ1v) is 10.4. The first kappa shape index (κ1) is 21.3. The zero-order valence-corrected chi connectivity index (χ0v) is 19.3. The summed E-state index contributed by atoms with van der Waals surface area (Å²) in [7, 11) is 0. The van der Waals surface area contributed by atoms with Crippen LogP contribution in [0.15, 0.2) is 55.4 Å². The number of terminal acetylenes is 1. The van der Waals surface area contributed by atoms with Crippen LogP contribution >= 0.6 is 47.8 Å². The number of hydrogen-bond donors (Lipinski definition) is 1. The molecule has 0 aliphatic carbocycles. The Balaban J connectivity index is 1.98. The van der Waals surface area contributed by atoms with Gasteiger partial charge < -0.3 is 4.74 Å². The van der Waals surface area contributed by atoms with Crippen LogP contribution in [-0.4, -0.2) is 24.5 Å². The van der Waals surface area contributed by atoms with Crippen LogP contribution in [0, 0.1) is 12.3 Å². The summed E-state index contributed by atoms with van der Waals surface area (Å²) in [5, 5.41) is 2.19. The highest BCUT2D eigenvalue weighted by Crippen LogP contribution is 2.35. The highest BCUT2D eigenvalue weighted by atomic mass is 79.9. The molecule has 2 aromatic carbocycles. The second-order valence-electron chi connectivity index (χ2n) is 5.74. The number of barbiturate groups is 1. The van der Waals surface area contributed by atoms with Crippen LogP contribution in [0.5, 0.6) is 5.75 Å². The Morgan fingerprint density at radius 2 is 1.69 bits per heavy atom. The molecule has 9 heteroatoms. The van der Waals surface area contributed by atoms with Gasteiger partial charge in [0, 0.05) is 4.47 Å². The number of nitrogens with one attached hydrogen (secondary N) is 1. The van der Waals surface area contributed by atoms with Gasteiger partial charge in [-0.3, -0.25) is 14.9 Å². The predicted molar refractivity (Wildman–Crippen MR) is 119 cm³/mol. The number of urea groups is 1. The molecule has 0 aromatic heterocycles. The van der Waals surface area contributed by atoms with E-state index in [-0.39, 0.29) is 12.2 Å². The fourth-order valence-corrected chi connectivity index (χ4v) is 4.28. The molecule has 0 bridgehead atoms. The van der Waals surface area contributed by atoms with Gasteiger partial charge in [-0.15, -0.1) is 6.42 Å². The maximum atomic E-state index is 12.9. The van der Waals surface area contributed by atoms with Crippen LogP contribution in [0.4, 0.5) is 10.5 Å². The van der Waals surface area contributed by atoms with Gasteiger partial charge in [-0.25, -0.2) is 9.69 Å². The van der Waals surface area contributed by atoms with E-state index in [9.17, 15) is 14.4 Å². The number of benzene rings is 2. The highest BCUT2D eigenvalue weighted by molar-refractivity contribution is 9.11. The number of anilines is 1. The van der Waals surface area contributed by atoms with Gasteiger partial charge in [0.05, 0.1) is 14.6 Å². The summed E-state index contributed by atoms with van der Waals surface area (Å²) in [4.78, 5) is 38.4. The Morgan fingerprint density at radius 1 is 1.07 bits per heavy atom. The third-order valence-corrected chi connectivity index (χ3v) is 5.52. The quantitative estimate of drug-likeness (QED) is 0.323. The first-order chi connectivity index (χ1) is 13.8. The van der Waals surface area contributed by atoms with E-state index in [2.05, 4.69) is 59.0 Å². The molecule has 1 fully saturated rings. The summed E-state index contributed by atoms with van der Waals surface area (Å²) in [6.07, 6.45) is 6.61. The molecule has 0 saturated carbocycles. The Kier molecular flexibility index (Phi) is 6.57. The number of nitrogens with zero attached hydrogens (tertiary/aromatic N) is 1. The van der Waals surface area contributed by atoms with Crippen LogP contribution < -0.4 is 15.0 Å². The van der Waals surface area contributed by atoms with Gasteiger partial charge in [0.1, 0.15) is 17.9 Å². The molecule has 1 N–H and O–H groups in total. The molecule has 0 atom stereocenters. The van der Waals surface area contributed by atoms with E-state index in [1.54, 1.807) is 36.4 Å². The molecule has 6 nitrogen and oxygen atoms in total. The van der Waals surface area contributed by atoms with Crippen LogP contribution in [-0.2, 0) is 9.59 Å². The summed E-state index contributed by atoms with van der Waals surface area (Å²) >= 11 is 10.1. The minimum absolute atomic E-state index is 0.0861. The number of carbonyl (C=O) groups excluding carboxylic acids is 3. The zero-order chi connectivity index (χ0) is 21.1. The SMILES string of the molecule is C#CCOc1c(Br)cc(/C=C2\C(=O)NC(=O)N(c3ccc(Br)cc3)C2=O)cc1Br. The van der Waals surface area contributed by atoms with Crippen molar-refractivity contribution >= 4 is 77.4 Å². The molecule has 0 unspecified atom stereocenters. The monoisotopic (exact) mass is 580 g/mol. The molecule has 1 aliphatic heterocycles. The normalized spacial score (nSPS) is 15.3. The lowest BCUT2D eigenvalue weighted by molar-refractivity contribution is -0.122. The number of halogens is 3. The lowest BCUT2D eigenvalue weighted by atomic mass is 10.1. The largest absolute Gasteiger partial charge is 0.479 e. The van der Waals surface area contributed by atoms with Gasteiger partial charge in [0.15, 0.2) is 0 Å². The third-order valence-electron chi connectivity index (χ3n) is 3.82. The number of carbonyl (C=O) groups is 3. The fraction of sp³-hybridized carbons (Fsp3) is 0.0500. The second kappa shape index (κ2) is 8.95. The maximum absolute atomic E-state index is 12.9. The average molecular weight is 583 g/mol. The molecular weight excluding hydrogens is 572 g/mol. The van der Waals surface area contributed by atoms with E-state index in [1.165, 1.54) is 6.08 Å². The summed E-state index contributed by atoms with van der Waals surface area (Å²) in [5.74, 6) is 1.38. The molecule has 1 heterocycles. The van der Waals surface area contributed by atoms with Gasteiger partial charge in [0.2, 0.25) is 0 Å². The maximum Gasteiger partial charge on any atom is 0.335 e. The summed E-state index contributed by atoms with van der Waals surface area (Å²) in [6, 6.07) is 9.12. The number of imide groups is 2. The van der Waals surface area contributed by atoms with Crippen molar-refractivity contribution in [2.75, 3.05) is 11.5 Å². The second-order valence-corrected chi connectivity index (χ2v) is 8.37. The lowest BCUT2D eigenvalue weighted by Crippen LogP contribution is -2.54. The molecule has 0 radical (unpaired) electrons. The molecule has 4 amide bonds. The fourth-order valence-electron chi connectivity index (χ4n) is 2.56. The minimum atomic E-state index is -0.806. The van der Waals surface area contributed by atoms with Crippen molar-refractivity contribution in [3.8, 4) is 18.1 Å². The topological polar surface area (TPSA) is 75.7 Å². The van der Waals surface area contributed by atoms with E-state index >= 15 is 0 Å². The minimum Gasteiger partial charge on any atom is -0.479 e. The molecule has 29 heavy (non-hydrogen) atoms. The predicted octanol–water partition coefficient (Wildman–Crippen LogP) is 4.65. The van der Waals surface area contributed by atoms with E-state index in [4.69, 9.17) is 11.2 Å². The highest BCUT2D eigenvalue weighted by Gasteiger charge is 2.36. The van der Waals surface area contributed by atoms with Crippen molar-refractivity contribution in [1.29, 1.82) is 0 Å². The average Bonchev–Trinajstić information content (AvgIpc) is 2.66. The first-order valence-electron chi connectivity index (χ1n) is 8.04.